The van der Waals surface area contributed by atoms with Gasteiger partial charge in [-0.25, -0.2) is 13.1 Å². The highest BCUT2D eigenvalue weighted by Gasteiger charge is 2.48. The van der Waals surface area contributed by atoms with E-state index in [0.29, 0.717) is 48.5 Å². The van der Waals surface area contributed by atoms with E-state index in [4.69, 9.17) is 14.2 Å². The number of para-hydroxylation sites is 2. The number of fused-ring (bicyclic) bond motifs is 2. The number of sulfonamides is 1. The summed E-state index contributed by atoms with van der Waals surface area (Å²) >= 11 is 0. The van der Waals surface area contributed by atoms with Crippen LogP contribution in [0, 0.1) is 0 Å². The molecule has 16 heteroatoms. The lowest BCUT2D eigenvalue weighted by Gasteiger charge is -2.44. The van der Waals surface area contributed by atoms with E-state index in [9.17, 15) is 26.4 Å². The van der Waals surface area contributed by atoms with Crippen LogP contribution in [0.25, 0.3) is 5.69 Å². The molecule has 3 aliphatic heterocycles. The highest BCUT2D eigenvalue weighted by Crippen LogP contribution is 2.39. The van der Waals surface area contributed by atoms with Gasteiger partial charge in [-0.2, -0.15) is 17.5 Å². The van der Waals surface area contributed by atoms with Gasteiger partial charge in [0.1, 0.15) is 33.8 Å². The van der Waals surface area contributed by atoms with Gasteiger partial charge in [0.05, 0.1) is 38.2 Å². The number of hydrogen-bond acceptors (Lipinski definition) is 9. The number of carbonyl (C=O) groups excluding carboxylic acids is 1. The summed E-state index contributed by atoms with van der Waals surface area (Å²) in [6, 6.07) is 8.76. The van der Waals surface area contributed by atoms with Crippen molar-refractivity contribution >= 4 is 15.9 Å². The molecule has 0 radical (unpaired) electrons. The van der Waals surface area contributed by atoms with Gasteiger partial charge in [-0.3, -0.25) is 4.79 Å². The van der Waals surface area contributed by atoms with E-state index in [0.717, 1.165) is 29.5 Å². The second-order valence-electron chi connectivity index (χ2n) is 12.7. The number of methoxy groups -OCH3 is 1. The Bertz CT molecular complexity index is 1740. The van der Waals surface area contributed by atoms with E-state index in [2.05, 4.69) is 34.4 Å². The van der Waals surface area contributed by atoms with E-state index in [1.54, 1.807) is 25.4 Å². The maximum atomic E-state index is 14.2. The molecule has 3 aromatic rings. The third-order valence-corrected chi connectivity index (χ3v) is 11.3. The molecule has 1 spiro atoms. The van der Waals surface area contributed by atoms with Crippen molar-refractivity contribution in [2.24, 2.45) is 0 Å². The molecule has 0 unspecified atom stereocenters. The quantitative estimate of drug-likeness (QED) is 0.411. The minimum atomic E-state index is -4.79. The summed E-state index contributed by atoms with van der Waals surface area (Å²) in [4.78, 5) is 15.7. The predicted octanol–water partition coefficient (Wildman–Crippen LogP) is 3.78. The number of piperidine rings is 1. The Balaban J connectivity index is 1.29. The summed E-state index contributed by atoms with van der Waals surface area (Å²) in [5, 5.41) is 11.5. The summed E-state index contributed by atoms with van der Waals surface area (Å²) < 4.78 is 89.6. The zero-order chi connectivity index (χ0) is 34.3. The third kappa shape index (κ3) is 6.88. The lowest BCUT2D eigenvalue weighted by molar-refractivity contribution is -0.137. The molecule has 1 amide bonds. The Morgan fingerprint density at radius 3 is 2.58 bits per heavy atom. The Hall–Kier alpha value is -3.73. The number of hydrogen-bond donors (Lipinski definition) is 1. The number of nitrogens with zero attached hydrogens (tertiary/aromatic N) is 5. The van der Waals surface area contributed by atoms with Gasteiger partial charge < -0.3 is 24.4 Å². The smallest absolute Gasteiger partial charge is 0.416 e. The van der Waals surface area contributed by atoms with Crippen molar-refractivity contribution in [2.45, 2.75) is 80.9 Å². The minimum Gasteiger partial charge on any atom is -0.494 e. The number of likely N-dealkylation sites (tertiary alicyclic amines) is 1. The van der Waals surface area contributed by atoms with Gasteiger partial charge in [0.2, 0.25) is 15.9 Å². The van der Waals surface area contributed by atoms with Crippen molar-refractivity contribution in [3.63, 3.8) is 0 Å². The standard InChI is InChI=1S/C32H39F3N6O6S/c1-21(2)39-13-10-31(11-14-39)12-15-46-28-9-8-22(32(33,34)35)16-29(28)48(43,44)41-19-24(17-26(41)30(42)36-31)47-20-23-18-40(38-37-23)25-6-4-5-7-27(25)45-3/h4-9,16,18,21,24,26H,10-15,17,19-20H2,1-3H3,(H,36,42)/t24-,26+/m1/s1. The number of amides is 1. The Morgan fingerprint density at radius 1 is 1.12 bits per heavy atom. The number of halogens is 3. The third-order valence-electron chi connectivity index (χ3n) is 9.43. The average molecular weight is 693 g/mol. The van der Waals surface area contributed by atoms with Crippen LogP contribution in [0.2, 0.25) is 0 Å². The van der Waals surface area contributed by atoms with E-state index in [-0.39, 0.29) is 31.9 Å². The summed E-state index contributed by atoms with van der Waals surface area (Å²) in [7, 11) is -3.11. The van der Waals surface area contributed by atoms with Crippen LogP contribution >= 0.6 is 0 Å². The molecule has 260 valence electrons. The monoisotopic (exact) mass is 692 g/mol. The van der Waals surface area contributed by atoms with Crippen LogP contribution < -0.4 is 14.8 Å². The number of aromatic nitrogens is 3. The molecule has 0 saturated carbocycles. The first-order valence-corrected chi connectivity index (χ1v) is 17.3. The van der Waals surface area contributed by atoms with Crippen molar-refractivity contribution in [1.82, 2.24) is 29.5 Å². The van der Waals surface area contributed by atoms with E-state index in [1.165, 1.54) is 4.68 Å². The minimum absolute atomic E-state index is 0.00490. The fourth-order valence-electron chi connectivity index (χ4n) is 6.64. The first-order valence-electron chi connectivity index (χ1n) is 15.9. The zero-order valence-electron chi connectivity index (χ0n) is 26.9. The molecule has 4 heterocycles. The van der Waals surface area contributed by atoms with Crippen LogP contribution in [-0.2, 0) is 32.3 Å². The van der Waals surface area contributed by atoms with Gasteiger partial charge in [-0.15, -0.1) is 5.10 Å². The summed E-state index contributed by atoms with van der Waals surface area (Å²) in [5.74, 6) is -0.123. The highest BCUT2D eigenvalue weighted by atomic mass is 32.2. The lowest BCUT2D eigenvalue weighted by Crippen LogP contribution is -2.59. The van der Waals surface area contributed by atoms with Crippen LogP contribution in [0.5, 0.6) is 11.5 Å². The summed E-state index contributed by atoms with van der Waals surface area (Å²) in [6.07, 6.45) is -2.32. The summed E-state index contributed by atoms with van der Waals surface area (Å²) in [6.45, 7) is 5.35. The average Bonchev–Trinajstić information content (AvgIpc) is 3.71. The molecule has 0 bridgehead atoms. The topological polar surface area (TPSA) is 128 Å². The van der Waals surface area contributed by atoms with E-state index < -0.39 is 50.3 Å². The molecular weight excluding hydrogens is 653 g/mol. The highest BCUT2D eigenvalue weighted by molar-refractivity contribution is 7.89. The molecule has 2 fully saturated rings. The van der Waals surface area contributed by atoms with Crippen LogP contribution in [0.1, 0.15) is 50.8 Å². The lowest BCUT2D eigenvalue weighted by atomic mass is 9.83. The maximum absolute atomic E-state index is 14.2. The van der Waals surface area contributed by atoms with Gasteiger partial charge in [-0.1, -0.05) is 17.3 Å². The molecule has 2 saturated heterocycles. The van der Waals surface area contributed by atoms with Gasteiger partial charge in [-0.05, 0) is 57.0 Å². The molecule has 2 aromatic carbocycles. The number of nitrogens with one attached hydrogen (secondary N) is 1. The number of alkyl halides is 3. The molecule has 6 rings (SSSR count). The molecule has 1 N–H and O–H groups in total. The predicted molar refractivity (Wildman–Crippen MR) is 167 cm³/mol. The van der Waals surface area contributed by atoms with Crippen molar-refractivity contribution in [3.05, 3.63) is 59.9 Å². The second-order valence-corrected chi connectivity index (χ2v) is 14.6. The van der Waals surface area contributed by atoms with Crippen LogP contribution in [0.3, 0.4) is 0 Å². The molecule has 0 aliphatic carbocycles. The zero-order valence-corrected chi connectivity index (χ0v) is 27.8. The van der Waals surface area contributed by atoms with Crippen LogP contribution in [-0.4, -0.2) is 95.6 Å². The first-order chi connectivity index (χ1) is 22.8. The molecule has 3 aliphatic rings. The van der Waals surface area contributed by atoms with Crippen molar-refractivity contribution in [2.75, 3.05) is 33.4 Å². The largest absolute Gasteiger partial charge is 0.494 e. The molecular formula is C32H39F3N6O6S. The normalized spacial score (nSPS) is 23.2. The number of rotatable bonds is 6. The fourth-order valence-corrected chi connectivity index (χ4v) is 8.43. The Morgan fingerprint density at radius 2 is 1.88 bits per heavy atom. The van der Waals surface area contributed by atoms with Gasteiger partial charge >= 0.3 is 6.18 Å². The molecule has 1 aromatic heterocycles. The van der Waals surface area contributed by atoms with Crippen molar-refractivity contribution < 1.29 is 40.6 Å². The first kappa shape index (κ1) is 34.1. The van der Waals surface area contributed by atoms with Gasteiger partial charge in [0.25, 0.3) is 0 Å². The van der Waals surface area contributed by atoms with Crippen LogP contribution in [0.4, 0.5) is 13.2 Å². The second kappa shape index (κ2) is 13.3. The van der Waals surface area contributed by atoms with Crippen molar-refractivity contribution in [3.8, 4) is 17.2 Å². The maximum Gasteiger partial charge on any atom is 0.416 e. The molecule has 2 atom stereocenters. The number of benzene rings is 2. The number of carbonyl (C=O) groups is 1. The SMILES string of the molecule is COc1ccccc1-n1cc(CO[C@@H]2C[C@H]3C(=O)NC4(CCOc5ccc(C(F)(F)F)cc5S(=O)(=O)N3C2)CCN(C(C)C)CC4)nn1. The van der Waals surface area contributed by atoms with Crippen LogP contribution in [0.15, 0.2) is 53.6 Å². The molecule has 48 heavy (non-hydrogen) atoms. The van der Waals surface area contributed by atoms with Gasteiger partial charge in [0.15, 0.2) is 0 Å². The van der Waals surface area contributed by atoms with E-state index >= 15 is 0 Å². The van der Waals surface area contributed by atoms with Gasteiger partial charge in [0, 0.05) is 44.1 Å². The fraction of sp³-hybridized carbons (Fsp3) is 0.531. The Kier molecular flexibility index (Phi) is 9.45. The number of ether oxygens (including phenoxy) is 3. The molecule has 12 nitrogen and oxygen atoms in total. The Labute approximate surface area is 277 Å². The summed E-state index contributed by atoms with van der Waals surface area (Å²) in [5.41, 5.74) is -0.708. The van der Waals surface area contributed by atoms with Crippen molar-refractivity contribution in [1.29, 1.82) is 0 Å². The van der Waals surface area contributed by atoms with E-state index in [1.807, 2.05) is 12.1 Å².